The molecule has 1 aliphatic rings. The molecule has 1 saturated heterocycles. The molecule has 172 valence electrons. The van der Waals surface area contributed by atoms with Crippen molar-refractivity contribution >= 4 is 22.9 Å². The topological polar surface area (TPSA) is 137 Å². The van der Waals surface area contributed by atoms with E-state index < -0.39 is 11.7 Å². The molecule has 1 fully saturated rings. The standard InChI is InChI=1S/C21H21F3N8O/c22-21(23,24)14-5-15-16(11-28-19(15)27-10-14)18-13(6-25)9-30-20(31-18)29-8-12-1-3-32(4-2-12)17(33)7-26/h5,9-12H,1-4,7-8,26H2,(H,27,28)(H,29,30,31). The molecule has 3 aromatic heterocycles. The predicted octanol–water partition coefficient (Wildman–Crippen LogP) is 2.52. The summed E-state index contributed by atoms with van der Waals surface area (Å²) < 4.78 is 39.5. The number of pyridine rings is 1. The van der Waals surface area contributed by atoms with E-state index in [0.29, 0.717) is 31.1 Å². The number of nitrogens with zero attached hydrogens (tertiary/aromatic N) is 5. The fraction of sp³-hybridized carbons (Fsp3) is 0.381. The van der Waals surface area contributed by atoms with E-state index in [-0.39, 0.29) is 40.7 Å². The van der Waals surface area contributed by atoms with Gasteiger partial charge in [-0.15, -0.1) is 0 Å². The number of carbonyl (C=O) groups is 1. The van der Waals surface area contributed by atoms with Crippen molar-refractivity contribution in [2.45, 2.75) is 19.0 Å². The van der Waals surface area contributed by atoms with Crippen molar-refractivity contribution in [3.05, 3.63) is 35.8 Å². The molecule has 0 atom stereocenters. The monoisotopic (exact) mass is 458 g/mol. The average molecular weight is 458 g/mol. The van der Waals surface area contributed by atoms with E-state index in [2.05, 4.69) is 25.3 Å². The van der Waals surface area contributed by atoms with Gasteiger partial charge in [0.15, 0.2) is 0 Å². The van der Waals surface area contributed by atoms with Crippen molar-refractivity contribution in [3.63, 3.8) is 0 Å². The zero-order valence-corrected chi connectivity index (χ0v) is 17.5. The van der Waals surface area contributed by atoms with Crippen LogP contribution in [-0.2, 0) is 11.0 Å². The molecule has 0 radical (unpaired) electrons. The molecule has 12 heteroatoms. The van der Waals surface area contributed by atoms with Gasteiger partial charge in [-0.1, -0.05) is 0 Å². The van der Waals surface area contributed by atoms with Gasteiger partial charge in [-0.05, 0) is 24.8 Å². The first kappa shape index (κ1) is 22.5. The highest BCUT2D eigenvalue weighted by Gasteiger charge is 2.32. The van der Waals surface area contributed by atoms with E-state index in [9.17, 15) is 23.2 Å². The van der Waals surface area contributed by atoms with Crippen LogP contribution in [0.2, 0.25) is 0 Å². The number of likely N-dealkylation sites (tertiary alicyclic amines) is 1. The van der Waals surface area contributed by atoms with E-state index in [1.807, 2.05) is 6.07 Å². The maximum absolute atomic E-state index is 13.2. The van der Waals surface area contributed by atoms with Gasteiger partial charge in [-0.3, -0.25) is 4.79 Å². The molecule has 3 aromatic rings. The second kappa shape index (κ2) is 9.03. The number of piperidine rings is 1. The Morgan fingerprint density at radius 1 is 1.30 bits per heavy atom. The largest absolute Gasteiger partial charge is 0.417 e. The van der Waals surface area contributed by atoms with Crippen molar-refractivity contribution in [1.29, 1.82) is 5.26 Å². The van der Waals surface area contributed by atoms with Crippen LogP contribution in [0.5, 0.6) is 0 Å². The molecule has 0 bridgehead atoms. The van der Waals surface area contributed by atoms with Crippen LogP contribution in [-0.4, -0.2) is 56.9 Å². The minimum atomic E-state index is -4.55. The molecule has 4 rings (SSSR count). The maximum Gasteiger partial charge on any atom is 0.417 e. The molecule has 0 aliphatic carbocycles. The van der Waals surface area contributed by atoms with Gasteiger partial charge in [0.2, 0.25) is 11.9 Å². The highest BCUT2D eigenvalue weighted by atomic mass is 19.4. The number of aromatic nitrogens is 4. The van der Waals surface area contributed by atoms with Crippen molar-refractivity contribution < 1.29 is 18.0 Å². The molecule has 0 saturated carbocycles. The number of hydrogen-bond donors (Lipinski definition) is 3. The maximum atomic E-state index is 13.2. The summed E-state index contributed by atoms with van der Waals surface area (Å²) in [6, 6.07) is 2.98. The van der Waals surface area contributed by atoms with Gasteiger partial charge in [-0.2, -0.15) is 18.4 Å². The lowest BCUT2D eigenvalue weighted by molar-refractivity contribution is -0.137. The second-order valence-electron chi connectivity index (χ2n) is 7.80. The molecule has 33 heavy (non-hydrogen) atoms. The molecule has 0 unspecified atom stereocenters. The minimum Gasteiger partial charge on any atom is -0.354 e. The SMILES string of the molecule is N#Cc1cnc(NCC2CCN(C(=O)CN)CC2)nc1-c1c[nH]c2ncc(C(F)(F)F)cc12. The summed E-state index contributed by atoms with van der Waals surface area (Å²) in [4.78, 5) is 28.7. The predicted molar refractivity (Wildman–Crippen MR) is 114 cm³/mol. The number of anilines is 1. The number of halogens is 3. The van der Waals surface area contributed by atoms with E-state index in [1.54, 1.807) is 4.90 Å². The van der Waals surface area contributed by atoms with Crippen LogP contribution in [0.15, 0.2) is 24.7 Å². The first-order valence-electron chi connectivity index (χ1n) is 10.3. The average Bonchev–Trinajstić information content (AvgIpc) is 3.25. The Bertz CT molecular complexity index is 1210. The number of hydrogen-bond acceptors (Lipinski definition) is 7. The summed E-state index contributed by atoms with van der Waals surface area (Å²) in [5.41, 5.74) is 5.46. The normalized spacial score (nSPS) is 14.9. The van der Waals surface area contributed by atoms with Crippen LogP contribution in [0.1, 0.15) is 24.0 Å². The number of aromatic amines is 1. The number of nitrogens with two attached hydrogens (primary N) is 1. The first-order chi connectivity index (χ1) is 15.8. The Morgan fingerprint density at radius 3 is 2.73 bits per heavy atom. The van der Waals surface area contributed by atoms with Crippen LogP contribution in [0.3, 0.4) is 0 Å². The lowest BCUT2D eigenvalue weighted by Crippen LogP contribution is -2.42. The highest BCUT2D eigenvalue weighted by molar-refractivity contribution is 5.94. The Morgan fingerprint density at radius 2 is 2.06 bits per heavy atom. The number of carbonyl (C=O) groups excluding carboxylic acids is 1. The quantitative estimate of drug-likeness (QED) is 0.534. The molecule has 0 aromatic carbocycles. The number of fused-ring (bicyclic) bond motifs is 1. The number of nitriles is 1. The van der Waals surface area contributed by atoms with Crippen molar-refractivity contribution in [3.8, 4) is 17.3 Å². The summed E-state index contributed by atoms with van der Waals surface area (Å²) in [7, 11) is 0. The molecule has 4 N–H and O–H groups in total. The summed E-state index contributed by atoms with van der Waals surface area (Å²) in [6.45, 7) is 1.82. The van der Waals surface area contributed by atoms with Crippen molar-refractivity contribution in [1.82, 2.24) is 24.8 Å². The summed E-state index contributed by atoms with van der Waals surface area (Å²) in [6.07, 6.45) is 0.637. The Labute approximate surface area is 186 Å². The van der Waals surface area contributed by atoms with Crippen molar-refractivity contribution in [2.24, 2.45) is 11.7 Å². The third kappa shape index (κ3) is 4.73. The van der Waals surface area contributed by atoms with Gasteiger partial charge in [0, 0.05) is 43.0 Å². The number of rotatable bonds is 5. The zero-order chi connectivity index (χ0) is 23.6. The van der Waals surface area contributed by atoms with Gasteiger partial charge >= 0.3 is 6.18 Å². The number of alkyl halides is 3. The van der Waals surface area contributed by atoms with Crippen LogP contribution in [0.25, 0.3) is 22.3 Å². The summed E-state index contributed by atoms with van der Waals surface area (Å²) in [5, 5.41) is 12.8. The Kier molecular flexibility index (Phi) is 6.15. The van der Waals surface area contributed by atoms with Gasteiger partial charge < -0.3 is 20.9 Å². The van der Waals surface area contributed by atoms with Gasteiger partial charge in [0.05, 0.1) is 29.6 Å². The number of nitrogens with one attached hydrogen (secondary N) is 2. The Balaban J connectivity index is 1.55. The highest BCUT2D eigenvalue weighted by Crippen LogP contribution is 2.34. The van der Waals surface area contributed by atoms with Gasteiger partial charge in [-0.25, -0.2) is 15.0 Å². The van der Waals surface area contributed by atoms with Crippen LogP contribution in [0, 0.1) is 17.2 Å². The Hall–Kier alpha value is -3.72. The molecular weight excluding hydrogens is 437 g/mol. The molecular formula is C21H21F3N8O. The van der Waals surface area contributed by atoms with E-state index in [1.165, 1.54) is 12.4 Å². The number of amides is 1. The number of H-pyrrole nitrogens is 1. The van der Waals surface area contributed by atoms with Crippen LogP contribution in [0.4, 0.5) is 19.1 Å². The molecule has 1 aliphatic heterocycles. The van der Waals surface area contributed by atoms with Gasteiger partial charge in [0.25, 0.3) is 0 Å². The van der Waals surface area contributed by atoms with E-state index in [4.69, 9.17) is 5.73 Å². The molecule has 9 nitrogen and oxygen atoms in total. The van der Waals surface area contributed by atoms with Crippen LogP contribution >= 0.6 is 0 Å². The third-order valence-electron chi connectivity index (χ3n) is 5.71. The molecule has 4 heterocycles. The fourth-order valence-corrected chi connectivity index (χ4v) is 3.86. The third-order valence-corrected chi connectivity index (χ3v) is 5.71. The lowest BCUT2D eigenvalue weighted by Gasteiger charge is -2.31. The smallest absolute Gasteiger partial charge is 0.354 e. The van der Waals surface area contributed by atoms with Gasteiger partial charge in [0.1, 0.15) is 11.7 Å². The first-order valence-corrected chi connectivity index (χ1v) is 10.3. The lowest BCUT2D eigenvalue weighted by atomic mass is 9.97. The van der Waals surface area contributed by atoms with E-state index >= 15 is 0 Å². The molecule has 0 spiro atoms. The minimum absolute atomic E-state index is 0.00139. The van der Waals surface area contributed by atoms with Crippen LogP contribution < -0.4 is 11.1 Å². The molecule has 1 amide bonds. The summed E-state index contributed by atoms with van der Waals surface area (Å²) in [5.74, 6) is 0.489. The fourth-order valence-electron chi connectivity index (χ4n) is 3.86. The van der Waals surface area contributed by atoms with E-state index in [0.717, 1.165) is 25.1 Å². The second-order valence-corrected chi connectivity index (χ2v) is 7.80. The van der Waals surface area contributed by atoms with Crippen molar-refractivity contribution in [2.75, 3.05) is 31.5 Å². The summed E-state index contributed by atoms with van der Waals surface area (Å²) >= 11 is 0. The zero-order valence-electron chi connectivity index (χ0n) is 17.5.